The Morgan fingerprint density at radius 1 is 1.19 bits per heavy atom. The Labute approximate surface area is 194 Å². The maximum atomic E-state index is 12.9. The maximum absolute atomic E-state index is 12.9. The molecule has 0 aliphatic rings. The second kappa shape index (κ2) is 8.49. The lowest BCUT2D eigenvalue weighted by Crippen LogP contribution is -2.19. The third-order valence-electron chi connectivity index (χ3n) is 4.88. The van der Waals surface area contributed by atoms with Crippen LogP contribution in [0.25, 0.3) is 16.0 Å². The number of hydrogen-bond donors (Lipinski definition) is 0. The lowest BCUT2D eigenvalue weighted by Gasteiger charge is -2.09. The van der Waals surface area contributed by atoms with Gasteiger partial charge in [-0.15, -0.1) is 44.6 Å². The molecule has 5 rings (SSSR count). The van der Waals surface area contributed by atoms with Gasteiger partial charge in [-0.3, -0.25) is 13.8 Å². The second-order valence-electron chi connectivity index (χ2n) is 6.97. The third-order valence-corrected chi connectivity index (χ3v) is 7.70. The first-order chi connectivity index (χ1) is 15.5. The van der Waals surface area contributed by atoms with Crippen molar-refractivity contribution in [3.05, 3.63) is 73.5 Å². The van der Waals surface area contributed by atoms with Crippen molar-refractivity contribution in [1.29, 1.82) is 0 Å². The summed E-state index contributed by atoms with van der Waals surface area (Å²) < 4.78 is 9.41. The molecule has 0 unspecified atom stereocenters. The molecule has 0 atom stereocenters. The van der Waals surface area contributed by atoms with Crippen molar-refractivity contribution in [3.63, 3.8) is 0 Å². The number of thioether (sulfide) groups is 1. The van der Waals surface area contributed by atoms with Gasteiger partial charge in [-0.05, 0) is 30.5 Å². The van der Waals surface area contributed by atoms with E-state index in [1.807, 2.05) is 41.9 Å². The molecule has 162 valence electrons. The average Bonchev–Trinajstić information content (AvgIpc) is 3.54. The zero-order valence-corrected chi connectivity index (χ0v) is 19.6. The zero-order chi connectivity index (χ0) is 22.2. The van der Waals surface area contributed by atoms with E-state index in [0.29, 0.717) is 33.1 Å². The number of carbonyl (C=O) groups is 1. The summed E-state index contributed by atoms with van der Waals surface area (Å²) in [5.41, 5.74) is 2.06. The van der Waals surface area contributed by atoms with Gasteiger partial charge in [0, 0.05) is 23.1 Å². The van der Waals surface area contributed by atoms with Gasteiger partial charge in [-0.1, -0.05) is 12.1 Å². The van der Waals surface area contributed by atoms with Crippen LogP contribution >= 0.6 is 34.4 Å². The van der Waals surface area contributed by atoms with Crippen molar-refractivity contribution in [2.45, 2.75) is 24.2 Å². The van der Waals surface area contributed by atoms with Gasteiger partial charge in [-0.25, -0.2) is 9.78 Å². The van der Waals surface area contributed by atoms with Crippen molar-refractivity contribution in [2.75, 3.05) is 0 Å². The Balaban J connectivity index is 1.38. The van der Waals surface area contributed by atoms with E-state index in [2.05, 4.69) is 15.2 Å². The van der Waals surface area contributed by atoms with Crippen LogP contribution in [0.15, 0.2) is 50.8 Å². The Hall–Kier alpha value is -3.02. The molecule has 0 fully saturated rings. The van der Waals surface area contributed by atoms with Crippen LogP contribution in [0.3, 0.4) is 0 Å². The van der Waals surface area contributed by atoms with Gasteiger partial charge < -0.3 is 4.74 Å². The quantitative estimate of drug-likeness (QED) is 0.266. The molecule has 8 nitrogen and oxygen atoms in total. The number of aryl methyl sites for hydroxylation is 2. The van der Waals surface area contributed by atoms with Crippen LogP contribution in [-0.4, -0.2) is 30.1 Å². The number of carbonyl (C=O) groups excluding carboxylic acids is 1. The number of hydrogen-bond acceptors (Lipinski definition) is 9. The summed E-state index contributed by atoms with van der Waals surface area (Å²) in [6, 6.07) is 9.20. The van der Waals surface area contributed by atoms with E-state index in [4.69, 9.17) is 4.74 Å². The summed E-state index contributed by atoms with van der Waals surface area (Å²) >= 11 is 4.52. The largest absolute Gasteiger partial charge is 0.454 e. The number of aromatic nitrogens is 5. The highest BCUT2D eigenvalue weighted by atomic mass is 32.2. The van der Waals surface area contributed by atoms with E-state index in [1.165, 1.54) is 15.9 Å². The fraction of sp³-hybridized carbons (Fsp3) is 0.190. The highest BCUT2D eigenvalue weighted by Gasteiger charge is 2.18. The van der Waals surface area contributed by atoms with Gasteiger partial charge >= 0.3 is 5.97 Å². The summed E-state index contributed by atoms with van der Waals surface area (Å²) in [4.78, 5) is 30.7. The van der Waals surface area contributed by atoms with E-state index in [-0.39, 0.29) is 12.2 Å². The molecule has 0 spiro atoms. The summed E-state index contributed by atoms with van der Waals surface area (Å²) in [6.07, 6.45) is 0. The molecule has 0 N–H and O–H groups in total. The molecule has 1 aromatic carbocycles. The van der Waals surface area contributed by atoms with Gasteiger partial charge in [0.2, 0.25) is 5.78 Å². The van der Waals surface area contributed by atoms with E-state index in [1.54, 1.807) is 40.6 Å². The number of benzene rings is 1. The molecule has 0 saturated heterocycles. The average molecular weight is 484 g/mol. The first-order valence-electron chi connectivity index (χ1n) is 9.63. The Bertz CT molecular complexity index is 1510. The van der Waals surface area contributed by atoms with Crippen molar-refractivity contribution in [3.8, 4) is 0 Å². The monoisotopic (exact) mass is 483 g/mol. The van der Waals surface area contributed by atoms with Crippen molar-refractivity contribution in [1.82, 2.24) is 24.1 Å². The predicted molar refractivity (Wildman–Crippen MR) is 126 cm³/mol. The van der Waals surface area contributed by atoms with Crippen molar-refractivity contribution in [2.24, 2.45) is 7.05 Å². The van der Waals surface area contributed by atoms with Crippen LogP contribution in [0.4, 0.5) is 0 Å². The van der Waals surface area contributed by atoms with Gasteiger partial charge in [0.15, 0.2) is 12.4 Å². The normalized spacial score (nSPS) is 11.4. The topological polar surface area (TPSA) is 91.4 Å². The third kappa shape index (κ3) is 3.72. The summed E-state index contributed by atoms with van der Waals surface area (Å²) in [5, 5.41) is 13.2. The smallest absolute Gasteiger partial charge is 0.339 e. The number of thiazole rings is 1. The van der Waals surface area contributed by atoms with Crippen LogP contribution < -0.4 is 5.56 Å². The molecule has 0 radical (unpaired) electrons. The number of ether oxygens (including phenoxy) is 1. The van der Waals surface area contributed by atoms with Crippen molar-refractivity contribution >= 4 is 56.4 Å². The minimum Gasteiger partial charge on any atom is -0.454 e. The molecule has 0 aliphatic carbocycles. The van der Waals surface area contributed by atoms with E-state index >= 15 is 0 Å². The lowest BCUT2D eigenvalue weighted by molar-refractivity contribution is 0.0457. The molecule has 0 amide bonds. The minimum absolute atomic E-state index is 0.0621. The molecule has 4 heterocycles. The Morgan fingerprint density at radius 2 is 2.03 bits per heavy atom. The highest BCUT2D eigenvalue weighted by molar-refractivity contribution is 7.98. The zero-order valence-electron chi connectivity index (χ0n) is 17.1. The second-order valence-corrected chi connectivity index (χ2v) is 9.97. The first-order valence-corrected chi connectivity index (χ1v) is 12.4. The molecule has 0 bridgehead atoms. The minimum atomic E-state index is -0.439. The molecule has 4 aromatic heterocycles. The Morgan fingerprint density at radius 3 is 2.84 bits per heavy atom. The number of fused-ring (bicyclic) bond motifs is 3. The SMILES string of the molecule is Cc1nc(CSc2ccccc2C(=O)OCc2nnc3n(C)c(=O)c4sccc4n23)cs1. The molecular formula is C21H17N5O3S3. The van der Waals surface area contributed by atoms with Gasteiger partial charge in [-0.2, -0.15) is 0 Å². The number of thiophene rings is 1. The summed E-state index contributed by atoms with van der Waals surface area (Å²) in [6.45, 7) is 1.91. The predicted octanol–water partition coefficient (Wildman–Crippen LogP) is 4.06. The number of esters is 1. The summed E-state index contributed by atoms with van der Waals surface area (Å²) in [5.74, 6) is 1.09. The molecule has 0 saturated carbocycles. The molecule has 32 heavy (non-hydrogen) atoms. The highest BCUT2D eigenvalue weighted by Crippen LogP contribution is 2.27. The fourth-order valence-corrected chi connectivity index (χ4v) is 5.84. The standard InChI is InChI=1S/C21H17N5O3S3/c1-12-22-13(10-31-12)11-32-16-6-4-3-5-14(16)20(28)29-9-17-23-24-21-25(2)19(27)18-15(26(17)21)7-8-30-18/h3-8,10H,9,11H2,1-2H3. The van der Waals surface area contributed by atoms with Gasteiger partial charge in [0.05, 0.1) is 21.8 Å². The van der Waals surface area contributed by atoms with Crippen LogP contribution in [0, 0.1) is 6.92 Å². The molecule has 11 heteroatoms. The number of rotatable bonds is 6. The van der Waals surface area contributed by atoms with Crippen LogP contribution in [0.5, 0.6) is 0 Å². The Kier molecular flexibility index (Phi) is 5.53. The van der Waals surface area contributed by atoms with Crippen LogP contribution in [-0.2, 0) is 24.1 Å². The summed E-state index contributed by atoms with van der Waals surface area (Å²) in [7, 11) is 1.65. The van der Waals surface area contributed by atoms with Crippen LogP contribution in [0.2, 0.25) is 0 Å². The fourth-order valence-electron chi connectivity index (χ4n) is 3.34. The molecule has 0 aliphatic heterocycles. The number of nitrogens with zero attached hydrogens (tertiary/aromatic N) is 5. The lowest BCUT2D eigenvalue weighted by atomic mass is 10.2. The molecule has 5 aromatic rings. The first kappa shape index (κ1) is 20.9. The van der Waals surface area contributed by atoms with E-state index < -0.39 is 5.97 Å². The van der Waals surface area contributed by atoms with E-state index in [9.17, 15) is 9.59 Å². The van der Waals surface area contributed by atoms with Crippen molar-refractivity contribution < 1.29 is 9.53 Å². The molecular weight excluding hydrogens is 466 g/mol. The maximum Gasteiger partial charge on any atom is 0.339 e. The van der Waals surface area contributed by atoms with Gasteiger partial charge in [0.1, 0.15) is 4.70 Å². The van der Waals surface area contributed by atoms with E-state index in [0.717, 1.165) is 15.6 Å². The van der Waals surface area contributed by atoms with Crippen LogP contribution in [0.1, 0.15) is 26.9 Å². The van der Waals surface area contributed by atoms with Gasteiger partial charge in [0.25, 0.3) is 5.56 Å².